The minimum atomic E-state index is -1.57. The lowest BCUT2D eigenvalue weighted by Gasteiger charge is -2.49. The molecular formula is C25H46O3Si. The monoisotopic (exact) mass is 422 g/mol. The molecule has 0 amide bonds. The molecule has 0 aromatic carbocycles. The van der Waals surface area contributed by atoms with Crippen molar-refractivity contribution in [3.05, 3.63) is 0 Å². The highest BCUT2D eigenvalue weighted by Gasteiger charge is 2.62. The van der Waals surface area contributed by atoms with E-state index in [4.69, 9.17) is 4.43 Å². The summed E-state index contributed by atoms with van der Waals surface area (Å²) in [6.45, 7) is 12.9. The quantitative estimate of drug-likeness (QED) is 0.409. The van der Waals surface area contributed by atoms with Gasteiger partial charge in [-0.2, -0.15) is 0 Å². The normalized spacial score (nSPS) is 34.1. The summed E-state index contributed by atoms with van der Waals surface area (Å²) in [6.07, 6.45) is 11.1. The summed E-state index contributed by atoms with van der Waals surface area (Å²) in [5.74, 6) is 1.46. The molecule has 168 valence electrons. The van der Waals surface area contributed by atoms with Crippen LogP contribution in [-0.4, -0.2) is 30.9 Å². The van der Waals surface area contributed by atoms with E-state index in [2.05, 4.69) is 27.7 Å². The van der Waals surface area contributed by atoms with Gasteiger partial charge in [0, 0.05) is 12.5 Å². The highest BCUT2D eigenvalue weighted by molar-refractivity contribution is 6.73. The van der Waals surface area contributed by atoms with Crippen molar-refractivity contribution in [2.75, 3.05) is 0 Å². The number of carbonyl (C=O) groups excluding carboxylic acids is 1. The zero-order valence-corrected chi connectivity index (χ0v) is 21.0. The number of ketones is 1. The molecule has 0 saturated heterocycles. The predicted molar refractivity (Wildman–Crippen MR) is 122 cm³/mol. The van der Waals surface area contributed by atoms with Gasteiger partial charge in [0.1, 0.15) is 5.60 Å². The standard InChI is InChI=1S/C25H46O3Si/c1-7-29(8-2,9-3)28-20-11-10-15-24(6)19(20)12-13-21(24)25(17-18-25)16-14-22(26)23(4,5)27/h19-21,27H,7-18H2,1-6H3/t19?,20?,21-,24-/m0/s1. The molecule has 4 atom stereocenters. The fraction of sp³-hybridized carbons (Fsp3) is 0.960. The van der Waals surface area contributed by atoms with Crippen molar-refractivity contribution < 1.29 is 14.3 Å². The molecule has 0 aromatic rings. The second-order valence-electron chi connectivity index (χ2n) is 11.4. The van der Waals surface area contributed by atoms with Crippen molar-refractivity contribution >= 4 is 14.1 Å². The minimum absolute atomic E-state index is 0.0120. The van der Waals surface area contributed by atoms with E-state index in [9.17, 15) is 9.90 Å². The average molecular weight is 423 g/mol. The van der Waals surface area contributed by atoms with Crippen LogP contribution in [-0.2, 0) is 9.22 Å². The van der Waals surface area contributed by atoms with Crippen LogP contribution in [0.3, 0.4) is 0 Å². The van der Waals surface area contributed by atoms with Crippen LogP contribution >= 0.6 is 0 Å². The molecule has 3 fully saturated rings. The Morgan fingerprint density at radius 3 is 2.21 bits per heavy atom. The van der Waals surface area contributed by atoms with Crippen molar-refractivity contribution in [3.63, 3.8) is 0 Å². The molecule has 0 radical (unpaired) electrons. The Morgan fingerprint density at radius 2 is 1.69 bits per heavy atom. The van der Waals surface area contributed by atoms with Crippen LogP contribution in [0.5, 0.6) is 0 Å². The van der Waals surface area contributed by atoms with E-state index in [1.807, 2.05) is 0 Å². The summed E-state index contributed by atoms with van der Waals surface area (Å²) in [7, 11) is -1.57. The molecule has 3 rings (SSSR count). The minimum Gasteiger partial charge on any atom is -0.414 e. The van der Waals surface area contributed by atoms with Gasteiger partial charge in [-0.3, -0.25) is 4.79 Å². The first-order chi connectivity index (χ1) is 13.6. The smallest absolute Gasteiger partial charge is 0.192 e. The Balaban J connectivity index is 1.72. The SMILES string of the molecule is CC[Si](CC)(CC)OC1CCC[C@@]2(C)C1CC[C@@H]2C1(CCC(=O)C(C)(C)O)CC1. The van der Waals surface area contributed by atoms with Gasteiger partial charge in [-0.25, -0.2) is 0 Å². The average Bonchev–Trinajstić information content (AvgIpc) is 3.37. The summed E-state index contributed by atoms with van der Waals surface area (Å²) in [5, 5.41) is 10.1. The lowest BCUT2D eigenvalue weighted by molar-refractivity contribution is -0.134. The predicted octanol–water partition coefficient (Wildman–Crippen LogP) is 6.49. The molecule has 3 nitrogen and oxygen atoms in total. The third kappa shape index (κ3) is 4.41. The van der Waals surface area contributed by atoms with Gasteiger partial charge >= 0.3 is 0 Å². The van der Waals surface area contributed by atoms with Crippen LogP contribution in [0.1, 0.15) is 99.3 Å². The van der Waals surface area contributed by atoms with Gasteiger partial charge in [0.2, 0.25) is 0 Å². The molecule has 2 unspecified atom stereocenters. The van der Waals surface area contributed by atoms with Crippen LogP contribution in [0.25, 0.3) is 0 Å². The molecule has 0 heterocycles. The molecule has 4 heteroatoms. The zero-order valence-electron chi connectivity index (χ0n) is 20.0. The number of rotatable bonds is 10. The summed E-state index contributed by atoms with van der Waals surface area (Å²) in [6, 6.07) is 3.73. The van der Waals surface area contributed by atoms with Gasteiger partial charge in [0.05, 0.1) is 0 Å². The lowest BCUT2D eigenvalue weighted by atomic mass is 9.60. The van der Waals surface area contributed by atoms with E-state index in [-0.39, 0.29) is 5.78 Å². The van der Waals surface area contributed by atoms with Crippen molar-refractivity contribution in [3.8, 4) is 0 Å². The van der Waals surface area contributed by atoms with Crippen molar-refractivity contribution in [1.29, 1.82) is 0 Å². The second-order valence-corrected chi connectivity index (χ2v) is 16.1. The van der Waals surface area contributed by atoms with Crippen molar-refractivity contribution in [2.45, 2.75) is 129 Å². The maximum Gasteiger partial charge on any atom is 0.192 e. The topological polar surface area (TPSA) is 46.5 Å². The highest BCUT2D eigenvalue weighted by atomic mass is 28.4. The fourth-order valence-corrected chi connectivity index (χ4v) is 10.1. The van der Waals surface area contributed by atoms with E-state index in [0.29, 0.717) is 29.3 Å². The fourth-order valence-electron chi connectivity index (χ4n) is 7.19. The molecule has 29 heavy (non-hydrogen) atoms. The number of hydrogen-bond donors (Lipinski definition) is 1. The first-order valence-corrected chi connectivity index (χ1v) is 15.0. The van der Waals surface area contributed by atoms with Gasteiger partial charge in [-0.1, -0.05) is 34.1 Å². The van der Waals surface area contributed by atoms with E-state index in [1.54, 1.807) is 13.8 Å². The Labute approximate surface area is 180 Å². The van der Waals surface area contributed by atoms with Crippen LogP contribution in [0.4, 0.5) is 0 Å². The van der Waals surface area contributed by atoms with Gasteiger partial charge < -0.3 is 9.53 Å². The number of hydrogen-bond acceptors (Lipinski definition) is 3. The third-order valence-corrected chi connectivity index (χ3v) is 14.2. The van der Waals surface area contributed by atoms with Crippen LogP contribution in [0, 0.1) is 22.7 Å². The molecule has 0 aliphatic heterocycles. The lowest BCUT2D eigenvalue weighted by Crippen LogP contribution is -2.49. The van der Waals surface area contributed by atoms with Crippen LogP contribution < -0.4 is 0 Å². The molecule has 3 aliphatic carbocycles. The van der Waals surface area contributed by atoms with Crippen LogP contribution in [0.15, 0.2) is 0 Å². The van der Waals surface area contributed by atoms with E-state index < -0.39 is 13.9 Å². The molecule has 0 spiro atoms. The molecule has 3 saturated carbocycles. The van der Waals surface area contributed by atoms with Gasteiger partial charge in [-0.15, -0.1) is 0 Å². The van der Waals surface area contributed by atoms with Gasteiger partial charge in [-0.05, 0) is 99.6 Å². The van der Waals surface area contributed by atoms with Crippen molar-refractivity contribution in [1.82, 2.24) is 0 Å². The first-order valence-electron chi connectivity index (χ1n) is 12.5. The number of carbonyl (C=O) groups is 1. The summed E-state index contributed by atoms with van der Waals surface area (Å²) < 4.78 is 7.08. The molecule has 0 aromatic heterocycles. The molecule has 3 aliphatic rings. The van der Waals surface area contributed by atoms with E-state index in [0.717, 1.165) is 12.3 Å². The Morgan fingerprint density at radius 1 is 1.07 bits per heavy atom. The second kappa shape index (κ2) is 8.39. The number of fused-ring (bicyclic) bond motifs is 1. The van der Waals surface area contributed by atoms with Gasteiger partial charge in [0.15, 0.2) is 14.1 Å². The maximum atomic E-state index is 12.4. The Bertz CT molecular complexity index is 579. The van der Waals surface area contributed by atoms with Crippen molar-refractivity contribution in [2.24, 2.45) is 22.7 Å². The number of Topliss-reactive ketones (excluding diaryl/α,β-unsaturated/α-hetero) is 1. The molecular weight excluding hydrogens is 376 g/mol. The third-order valence-electron chi connectivity index (χ3n) is 9.56. The summed E-state index contributed by atoms with van der Waals surface area (Å²) >= 11 is 0. The summed E-state index contributed by atoms with van der Waals surface area (Å²) in [5.41, 5.74) is -0.440. The molecule has 1 N–H and O–H groups in total. The molecule has 0 bridgehead atoms. The van der Waals surface area contributed by atoms with E-state index >= 15 is 0 Å². The van der Waals surface area contributed by atoms with E-state index in [1.165, 1.54) is 63.1 Å². The summed E-state index contributed by atoms with van der Waals surface area (Å²) in [4.78, 5) is 12.4. The largest absolute Gasteiger partial charge is 0.414 e. The maximum absolute atomic E-state index is 12.4. The van der Waals surface area contributed by atoms with Gasteiger partial charge in [0.25, 0.3) is 0 Å². The van der Waals surface area contributed by atoms with Crippen LogP contribution in [0.2, 0.25) is 18.1 Å². The first kappa shape index (κ1) is 23.5. The zero-order chi connectivity index (χ0) is 21.5. The Hall–Kier alpha value is -0.193. The number of aliphatic hydroxyl groups is 1. The Kier molecular flexibility index (Phi) is 6.79. The highest BCUT2D eigenvalue weighted by Crippen LogP contribution is 2.69.